The summed E-state index contributed by atoms with van der Waals surface area (Å²) in [4.78, 5) is 4.10. The summed E-state index contributed by atoms with van der Waals surface area (Å²) in [5.74, 6) is -0.247. The first-order valence-corrected chi connectivity index (χ1v) is 11.6. The molecular formula is C24H25F4NO2S. The van der Waals surface area contributed by atoms with E-state index in [1.807, 2.05) is 24.5 Å². The molecule has 0 spiro atoms. The van der Waals surface area contributed by atoms with Crippen molar-refractivity contribution in [1.29, 1.82) is 0 Å². The van der Waals surface area contributed by atoms with Crippen molar-refractivity contribution in [2.45, 2.75) is 48.5 Å². The van der Waals surface area contributed by atoms with E-state index >= 15 is 0 Å². The van der Waals surface area contributed by atoms with Crippen molar-refractivity contribution in [2.75, 3.05) is 19.5 Å². The predicted octanol–water partition coefficient (Wildman–Crippen LogP) is 5.82. The highest BCUT2D eigenvalue weighted by Gasteiger charge is 2.47. The molecule has 0 saturated heterocycles. The van der Waals surface area contributed by atoms with Crippen molar-refractivity contribution in [1.82, 2.24) is 4.98 Å². The molecule has 4 rings (SSSR count). The zero-order valence-electron chi connectivity index (χ0n) is 17.9. The molecule has 1 aliphatic heterocycles. The molecule has 0 aliphatic carbocycles. The van der Waals surface area contributed by atoms with Crippen LogP contribution in [0.5, 0.6) is 5.75 Å². The Morgan fingerprint density at radius 2 is 2.00 bits per heavy atom. The summed E-state index contributed by atoms with van der Waals surface area (Å²) in [6, 6.07) is 9.86. The summed E-state index contributed by atoms with van der Waals surface area (Å²) >= 11 is 1.56. The van der Waals surface area contributed by atoms with Crippen molar-refractivity contribution in [2.24, 2.45) is 0 Å². The zero-order valence-corrected chi connectivity index (χ0v) is 18.7. The van der Waals surface area contributed by atoms with Gasteiger partial charge in [0.05, 0.1) is 13.3 Å². The van der Waals surface area contributed by atoms with E-state index in [1.54, 1.807) is 17.8 Å². The Bertz CT molecular complexity index is 1130. The van der Waals surface area contributed by atoms with E-state index in [0.717, 1.165) is 21.9 Å². The van der Waals surface area contributed by atoms with Gasteiger partial charge in [-0.1, -0.05) is 6.92 Å². The van der Waals surface area contributed by atoms with Gasteiger partial charge in [-0.15, -0.1) is 11.8 Å². The smallest absolute Gasteiger partial charge is 0.267 e. The molecule has 0 saturated carbocycles. The zero-order chi connectivity index (χ0) is 23.1. The van der Waals surface area contributed by atoms with E-state index in [4.69, 9.17) is 4.74 Å². The van der Waals surface area contributed by atoms with Gasteiger partial charge in [0.2, 0.25) is 0 Å². The lowest BCUT2D eigenvalue weighted by molar-refractivity contribution is -0.113. The Labute approximate surface area is 188 Å². The van der Waals surface area contributed by atoms with Gasteiger partial charge in [-0.25, -0.2) is 13.2 Å². The van der Waals surface area contributed by atoms with Gasteiger partial charge in [0.25, 0.3) is 6.43 Å². The van der Waals surface area contributed by atoms with E-state index in [-0.39, 0.29) is 5.56 Å². The highest BCUT2D eigenvalue weighted by Crippen LogP contribution is 2.44. The molecule has 2 atom stereocenters. The fourth-order valence-corrected chi connectivity index (χ4v) is 5.00. The molecule has 0 amide bonds. The Hall–Kier alpha value is -2.19. The lowest BCUT2D eigenvalue weighted by atomic mass is 9.72. The summed E-state index contributed by atoms with van der Waals surface area (Å²) in [7, 11) is 0. The first kappa shape index (κ1) is 23.0. The molecule has 2 unspecified atom stereocenters. The van der Waals surface area contributed by atoms with Crippen molar-refractivity contribution < 1.29 is 27.4 Å². The number of hydrogen-bond donors (Lipinski definition) is 2. The first-order chi connectivity index (χ1) is 15.2. The monoisotopic (exact) mass is 467 g/mol. The van der Waals surface area contributed by atoms with Crippen LogP contribution in [0, 0.1) is 5.82 Å². The topological polar surface area (TPSA) is 45.2 Å². The van der Waals surface area contributed by atoms with Gasteiger partial charge in [0.1, 0.15) is 17.2 Å². The van der Waals surface area contributed by atoms with Crippen molar-refractivity contribution in [3.63, 3.8) is 0 Å². The number of aliphatic hydroxyl groups is 1. The van der Waals surface area contributed by atoms with Gasteiger partial charge in [-0.05, 0) is 49.1 Å². The quantitative estimate of drug-likeness (QED) is 0.324. The third-order valence-electron chi connectivity index (χ3n) is 6.18. The summed E-state index contributed by atoms with van der Waals surface area (Å²) in [6.45, 7) is 0.693. The number of aromatic amines is 1. The number of nitrogens with one attached hydrogen (secondary N) is 1. The minimum atomic E-state index is -3.14. The normalized spacial score (nSPS) is 17.2. The second kappa shape index (κ2) is 8.63. The molecular weight excluding hydrogens is 442 g/mol. The molecule has 8 heteroatoms. The molecule has 3 aromatic rings. The fourth-order valence-electron chi connectivity index (χ4n) is 4.55. The van der Waals surface area contributed by atoms with Gasteiger partial charge < -0.3 is 14.8 Å². The van der Waals surface area contributed by atoms with Gasteiger partial charge in [-0.3, -0.25) is 4.39 Å². The van der Waals surface area contributed by atoms with Crippen LogP contribution in [0.25, 0.3) is 10.9 Å². The average molecular weight is 468 g/mol. The Morgan fingerprint density at radius 3 is 2.69 bits per heavy atom. The highest BCUT2D eigenvalue weighted by molar-refractivity contribution is 7.98. The molecule has 2 aromatic carbocycles. The number of alkyl halides is 3. The minimum absolute atomic E-state index is 0.174. The maximum Gasteiger partial charge on any atom is 0.267 e. The van der Waals surface area contributed by atoms with Crippen molar-refractivity contribution in [3.05, 3.63) is 59.0 Å². The summed E-state index contributed by atoms with van der Waals surface area (Å²) in [5.41, 5.74) is -2.14. The SMILES string of the molecule is CSc1ccc2[nH]c(CC(O)(CC(C)(CF)c3cc(F)cc4c3OCC4)C(F)F)cc2c1. The number of H-pyrrole nitrogens is 1. The molecule has 0 bridgehead atoms. The summed E-state index contributed by atoms with van der Waals surface area (Å²) < 4.78 is 62.5. The number of thioether (sulfide) groups is 1. The van der Waals surface area contributed by atoms with Crippen molar-refractivity contribution >= 4 is 22.7 Å². The summed E-state index contributed by atoms with van der Waals surface area (Å²) in [6.07, 6.45) is -1.73. The van der Waals surface area contributed by atoms with Crippen LogP contribution in [-0.4, -0.2) is 41.7 Å². The molecule has 32 heavy (non-hydrogen) atoms. The Balaban J connectivity index is 1.69. The number of aromatic nitrogens is 1. The maximum atomic E-state index is 14.4. The molecule has 1 aromatic heterocycles. The predicted molar refractivity (Wildman–Crippen MR) is 118 cm³/mol. The number of rotatable bonds is 8. The Morgan fingerprint density at radius 1 is 1.22 bits per heavy atom. The highest BCUT2D eigenvalue weighted by atomic mass is 32.2. The third kappa shape index (κ3) is 4.22. The number of benzene rings is 2. The third-order valence-corrected chi connectivity index (χ3v) is 6.90. The van der Waals surface area contributed by atoms with E-state index in [0.29, 0.717) is 30.0 Å². The molecule has 0 radical (unpaired) electrons. The second-order valence-electron chi connectivity index (χ2n) is 8.74. The van der Waals surface area contributed by atoms with Gasteiger partial charge in [0, 0.05) is 50.9 Å². The molecule has 3 nitrogen and oxygen atoms in total. The van der Waals surface area contributed by atoms with Gasteiger partial charge in [0.15, 0.2) is 0 Å². The molecule has 0 fully saturated rings. The van der Waals surface area contributed by atoms with E-state index in [2.05, 4.69) is 4.98 Å². The molecule has 1 aliphatic rings. The van der Waals surface area contributed by atoms with Crippen LogP contribution in [0.1, 0.15) is 30.2 Å². The van der Waals surface area contributed by atoms with Crippen LogP contribution in [-0.2, 0) is 18.3 Å². The number of hydrogen-bond acceptors (Lipinski definition) is 3. The number of halogens is 4. The molecule has 172 valence electrons. The lowest BCUT2D eigenvalue weighted by Crippen LogP contribution is -2.46. The minimum Gasteiger partial charge on any atom is -0.493 e. The van der Waals surface area contributed by atoms with Crippen LogP contribution in [0.4, 0.5) is 17.6 Å². The van der Waals surface area contributed by atoms with Crippen LogP contribution in [0.15, 0.2) is 41.3 Å². The number of fused-ring (bicyclic) bond motifs is 2. The standard InChI is InChI=1S/C24H25F4NO2S/c1-23(13-25,19-10-16(26)7-14-5-6-31-21(14)19)12-24(30,22(27)28)11-17-8-15-9-18(32-2)3-4-20(15)29-17/h3-4,7-10,22,29-30H,5-6,11-13H2,1-2H3. The second-order valence-corrected chi connectivity index (χ2v) is 9.62. The van der Waals surface area contributed by atoms with Crippen LogP contribution in [0.2, 0.25) is 0 Å². The van der Waals surface area contributed by atoms with E-state index in [9.17, 15) is 22.7 Å². The van der Waals surface area contributed by atoms with Gasteiger partial charge in [-0.2, -0.15) is 0 Å². The van der Waals surface area contributed by atoms with Crippen LogP contribution >= 0.6 is 11.8 Å². The van der Waals surface area contributed by atoms with E-state index in [1.165, 1.54) is 13.0 Å². The van der Waals surface area contributed by atoms with Crippen molar-refractivity contribution in [3.8, 4) is 5.75 Å². The average Bonchev–Trinajstić information content (AvgIpc) is 3.37. The summed E-state index contributed by atoms with van der Waals surface area (Å²) in [5, 5.41) is 11.9. The van der Waals surface area contributed by atoms with Crippen LogP contribution in [0.3, 0.4) is 0 Å². The molecule has 2 heterocycles. The maximum absolute atomic E-state index is 14.4. The largest absolute Gasteiger partial charge is 0.493 e. The fraction of sp³-hybridized carbons (Fsp3) is 0.417. The molecule has 2 N–H and O–H groups in total. The van der Waals surface area contributed by atoms with Crippen LogP contribution < -0.4 is 4.74 Å². The number of ether oxygens (including phenoxy) is 1. The lowest BCUT2D eigenvalue weighted by Gasteiger charge is -2.37. The van der Waals surface area contributed by atoms with Gasteiger partial charge >= 0.3 is 0 Å². The Kier molecular flexibility index (Phi) is 6.20. The van der Waals surface area contributed by atoms with E-state index < -0.39 is 42.8 Å². The first-order valence-electron chi connectivity index (χ1n) is 10.4.